The van der Waals surface area contributed by atoms with Crippen molar-refractivity contribution >= 4 is 31.7 Å². The smallest absolute Gasteiger partial charge is 0.243 e. The maximum absolute atomic E-state index is 12.6. The van der Waals surface area contributed by atoms with Crippen molar-refractivity contribution in [3.8, 4) is 0 Å². The molecule has 4 nitrogen and oxygen atoms in total. The van der Waals surface area contributed by atoms with Gasteiger partial charge in [-0.15, -0.1) is 0 Å². The molecular formula is C16H16BrNO3S. The van der Waals surface area contributed by atoms with Gasteiger partial charge in [0, 0.05) is 23.6 Å². The Morgan fingerprint density at radius 1 is 1.14 bits per heavy atom. The van der Waals surface area contributed by atoms with Crippen molar-refractivity contribution in [3.63, 3.8) is 0 Å². The van der Waals surface area contributed by atoms with Gasteiger partial charge < -0.3 is 0 Å². The minimum atomic E-state index is -3.63. The van der Waals surface area contributed by atoms with Gasteiger partial charge in [-0.2, -0.15) is 4.31 Å². The van der Waals surface area contributed by atoms with Crippen LogP contribution < -0.4 is 0 Å². The molecule has 0 spiro atoms. The SMILES string of the molecule is CC(=O)c1cccc(S(=O)(=O)N(C)Cc2ccc(Br)cc2)c1. The highest BCUT2D eigenvalue weighted by atomic mass is 79.9. The molecule has 0 bridgehead atoms. The first-order valence-electron chi connectivity index (χ1n) is 6.62. The fraction of sp³-hybridized carbons (Fsp3) is 0.188. The van der Waals surface area contributed by atoms with Crippen molar-refractivity contribution in [2.75, 3.05) is 7.05 Å². The van der Waals surface area contributed by atoms with Gasteiger partial charge in [-0.3, -0.25) is 4.79 Å². The Balaban J connectivity index is 2.27. The first-order chi connectivity index (χ1) is 10.3. The highest BCUT2D eigenvalue weighted by Gasteiger charge is 2.21. The highest BCUT2D eigenvalue weighted by Crippen LogP contribution is 2.19. The minimum Gasteiger partial charge on any atom is -0.295 e. The van der Waals surface area contributed by atoms with Crippen LogP contribution in [0.5, 0.6) is 0 Å². The molecule has 0 unspecified atom stereocenters. The van der Waals surface area contributed by atoms with Crippen molar-refractivity contribution in [1.29, 1.82) is 0 Å². The van der Waals surface area contributed by atoms with Gasteiger partial charge >= 0.3 is 0 Å². The molecule has 0 aliphatic carbocycles. The van der Waals surface area contributed by atoms with Gasteiger partial charge in [0.1, 0.15) is 0 Å². The second kappa shape index (κ2) is 6.73. The van der Waals surface area contributed by atoms with Gasteiger partial charge in [0.25, 0.3) is 0 Å². The maximum Gasteiger partial charge on any atom is 0.243 e. The predicted molar refractivity (Wildman–Crippen MR) is 89.2 cm³/mol. The molecule has 0 saturated carbocycles. The lowest BCUT2D eigenvalue weighted by molar-refractivity contribution is 0.101. The molecule has 0 amide bonds. The number of sulfonamides is 1. The number of hydrogen-bond donors (Lipinski definition) is 0. The standard InChI is InChI=1S/C16H16BrNO3S/c1-12(19)14-4-3-5-16(10-14)22(20,21)18(2)11-13-6-8-15(17)9-7-13/h3-10H,11H2,1-2H3. The van der Waals surface area contributed by atoms with E-state index in [1.807, 2.05) is 24.3 Å². The largest absolute Gasteiger partial charge is 0.295 e. The Labute approximate surface area is 138 Å². The van der Waals surface area contributed by atoms with Gasteiger partial charge in [-0.1, -0.05) is 40.2 Å². The summed E-state index contributed by atoms with van der Waals surface area (Å²) < 4.78 is 27.4. The summed E-state index contributed by atoms with van der Waals surface area (Å²) in [6.45, 7) is 1.68. The number of carbonyl (C=O) groups is 1. The van der Waals surface area contributed by atoms with Crippen LogP contribution in [0, 0.1) is 0 Å². The van der Waals surface area contributed by atoms with Crippen molar-refractivity contribution in [2.45, 2.75) is 18.4 Å². The molecule has 0 fully saturated rings. The summed E-state index contributed by atoms with van der Waals surface area (Å²) in [5, 5.41) is 0. The molecule has 0 aliphatic heterocycles. The molecule has 2 aromatic rings. The Morgan fingerprint density at radius 3 is 2.36 bits per heavy atom. The second-order valence-electron chi connectivity index (χ2n) is 4.97. The molecule has 22 heavy (non-hydrogen) atoms. The summed E-state index contributed by atoms with van der Waals surface area (Å²) >= 11 is 3.35. The molecule has 0 heterocycles. The van der Waals surface area contributed by atoms with Crippen molar-refractivity contribution in [2.24, 2.45) is 0 Å². The molecule has 0 aromatic heterocycles. The van der Waals surface area contributed by atoms with Crippen LogP contribution in [0.4, 0.5) is 0 Å². The highest BCUT2D eigenvalue weighted by molar-refractivity contribution is 9.10. The van der Waals surface area contributed by atoms with Crippen LogP contribution in [0.1, 0.15) is 22.8 Å². The van der Waals surface area contributed by atoms with E-state index in [2.05, 4.69) is 15.9 Å². The number of benzene rings is 2. The molecule has 6 heteroatoms. The summed E-state index contributed by atoms with van der Waals surface area (Å²) in [5.74, 6) is -0.160. The van der Waals surface area contributed by atoms with Crippen LogP contribution in [-0.4, -0.2) is 25.6 Å². The Morgan fingerprint density at radius 2 is 1.77 bits per heavy atom. The van der Waals surface area contributed by atoms with E-state index in [0.717, 1.165) is 10.0 Å². The zero-order valence-corrected chi connectivity index (χ0v) is 14.7. The fourth-order valence-corrected chi connectivity index (χ4v) is 3.46. The van der Waals surface area contributed by atoms with E-state index in [-0.39, 0.29) is 17.2 Å². The molecule has 2 aromatic carbocycles. The molecular weight excluding hydrogens is 366 g/mol. The van der Waals surface area contributed by atoms with Gasteiger partial charge in [0.05, 0.1) is 4.90 Å². The van der Waals surface area contributed by atoms with Crippen LogP contribution in [0.25, 0.3) is 0 Å². The first kappa shape index (κ1) is 16.9. The number of nitrogens with zero attached hydrogens (tertiary/aromatic N) is 1. The van der Waals surface area contributed by atoms with Crippen LogP contribution in [0.15, 0.2) is 57.9 Å². The lowest BCUT2D eigenvalue weighted by Gasteiger charge is -2.17. The molecule has 0 saturated heterocycles. The monoisotopic (exact) mass is 381 g/mol. The summed E-state index contributed by atoms with van der Waals surface area (Å²) in [4.78, 5) is 11.5. The molecule has 2 rings (SSSR count). The normalized spacial score (nSPS) is 11.6. The zero-order chi connectivity index (χ0) is 16.3. The van der Waals surface area contributed by atoms with E-state index in [1.54, 1.807) is 12.1 Å². The van der Waals surface area contributed by atoms with E-state index in [9.17, 15) is 13.2 Å². The van der Waals surface area contributed by atoms with Gasteiger partial charge in [0.15, 0.2) is 5.78 Å². The molecule has 0 radical (unpaired) electrons. The zero-order valence-electron chi connectivity index (χ0n) is 12.3. The third kappa shape index (κ3) is 3.82. The average molecular weight is 382 g/mol. The third-order valence-corrected chi connectivity index (χ3v) is 5.60. The summed E-state index contributed by atoms with van der Waals surface area (Å²) in [5.41, 5.74) is 1.27. The molecule has 0 aliphatic rings. The van der Waals surface area contributed by atoms with E-state index in [0.29, 0.717) is 5.56 Å². The molecule has 0 N–H and O–H groups in total. The quantitative estimate of drug-likeness (QED) is 0.745. The van der Waals surface area contributed by atoms with E-state index >= 15 is 0 Å². The number of rotatable bonds is 5. The molecule has 0 atom stereocenters. The summed E-state index contributed by atoms with van der Waals surface area (Å²) in [6, 6.07) is 13.6. The number of hydrogen-bond acceptors (Lipinski definition) is 3. The van der Waals surface area contributed by atoms with Crippen molar-refractivity contribution in [1.82, 2.24) is 4.31 Å². The number of ketones is 1. The van der Waals surface area contributed by atoms with Crippen molar-refractivity contribution in [3.05, 3.63) is 64.1 Å². The number of Topliss-reactive ketones (excluding diaryl/α,β-unsaturated/α-hetero) is 1. The predicted octanol–water partition coefficient (Wildman–Crippen LogP) is 3.47. The minimum absolute atomic E-state index is 0.125. The van der Waals surface area contributed by atoms with Gasteiger partial charge in [-0.25, -0.2) is 8.42 Å². The summed E-state index contributed by atoms with van der Waals surface area (Å²) in [6.07, 6.45) is 0. The topological polar surface area (TPSA) is 54.5 Å². The summed E-state index contributed by atoms with van der Waals surface area (Å²) in [7, 11) is -2.11. The van der Waals surface area contributed by atoms with Crippen LogP contribution >= 0.6 is 15.9 Å². The van der Waals surface area contributed by atoms with E-state index in [4.69, 9.17) is 0 Å². The Hall–Kier alpha value is -1.50. The first-order valence-corrected chi connectivity index (χ1v) is 8.86. The van der Waals surface area contributed by atoms with Crippen LogP contribution in [0.2, 0.25) is 0 Å². The van der Waals surface area contributed by atoms with E-state index in [1.165, 1.54) is 30.4 Å². The average Bonchev–Trinajstić information content (AvgIpc) is 2.49. The lowest BCUT2D eigenvalue weighted by Crippen LogP contribution is -2.26. The Kier molecular flexibility index (Phi) is 5.16. The number of carbonyl (C=O) groups excluding carboxylic acids is 1. The molecule has 116 valence electrons. The van der Waals surface area contributed by atoms with Gasteiger partial charge in [0.2, 0.25) is 10.0 Å². The third-order valence-electron chi connectivity index (χ3n) is 3.27. The lowest BCUT2D eigenvalue weighted by atomic mass is 10.2. The number of halogens is 1. The maximum atomic E-state index is 12.6. The Bertz CT molecular complexity index is 785. The van der Waals surface area contributed by atoms with Crippen molar-refractivity contribution < 1.29 is 13.2 Å². The van der Waals surface area contributed by atoms with Crippen LogP contribution in [-0.2, 0) is 16.6 Å². The fourth-order valence-electron chi connectivity index (χ4n) is 1.99. The van der Waals surface area contributed by atoms with E-state index < -0.39 is 10.0 Å². The van der Waals surface area contributed by atoms with Crippen LogP contribution in [0.3, 0.4) is 0 Å². The van der Waals surface area contributed by atoms with Gasteiger partial charge in [-0.05, 0) is 36.8 Å². The second-order valence-corrected chi connectivity index (χ2v) is 7.93.